The molecular weight excluding hydrogens is 150 g/mol. The van der Waals surface area contributed by atoms with Crippen molar-refractivity contribution in [3.63, 3.8) is 0 Å². The minimum atomic E-state index is 0.171. The molecule has 3 nitrogen and oxygen atoms in total. The average Bonchev–Trinajstić information content (AvgIpc) is 2.12. The molecule has 1 aliphatic heterocycles. The first-order valence-electron chi connectivity index (χ1n) is 4.20. The summed E-state index contributed by atoms with van der Waals surface area (Å²) in [5.74, 6) is 1.04. The number of hydrogen-bond donors (Lipinski definition) is 1. The van der Waals surface area contributed by atoms with Crippen LogP contribution in [0.3, 0.4) is 0 Å². The monoisotopic (exact) mass is 163 g/mol. The zero-order chi connectivity index (χ0) is 8.55. The molecule has 0 amide bonds. The smallest absolute Gasteiger partial charge is 0.133 e. The van der Waals surface area contributed by atoms with Crippen molar-refractivity contribution >= 4 is 5.82 Å². The van der Waals surface area contributed by atoms with Gasteiger partial charge in [0.2, 0.25) is 0 Å². The molecule has 0 bridgehead atoms. The van der Waals surface area contributed by atoms with Crippen LogP contribution in [0.1, 0.15) is 18.0 Å². The first kappa shape index (κ1) is 7.55. The highest BCUT2D eigenvalue weighted by atomic mass is 15.2. The number of nitrogens with zero attached hydrogens (tertiary/aromatic N) is 2. The number of aromatic nitrogens is 1. The Bertz CT molecular complexity index is 256. The predicted octanol–water partition coefficient (Wildman–Crippen LogP) is 0.921. The normalized spacial score (nSPS) is 22.2. The number of hydrogen-bond acceptors (Lipinski definition) is 3. The largest absolute Gasteiger partial charge is 0.359 e. The zero-order valence-electron chi connectivity index (χ0n) is 7.20. The molecule has 12 heavy (non-hydrogen) atoms. The Morgan fingerprint density at radius 1 is 1.67 bits per heavy atom. The molecule has 2 N–H and O–H groups in total. The van der Waals surface area contributed by atoms with Gasteiger partial charge < -0.3 is 10.6 Å². The first-order chi connectivity index (χ1) is 5.79. The van der Waals surface area contributed by atoms with Crippen molar-refractivity contribution in [3.8, 4) is 0 Å². The topological polar surface area (TPSA) is 42.1 Å². The summed E-state index contributed by atoms with van der Waals surface area (Å²) in [5.41, 5.74) is 7.11. The fraction of sp³-hybridized carbons (Fsp3) is 0.444. The number of rotatable bonds is 0. The van der Waals surface area contributed by atoms with Crippen LogP contribution in [0, 0.1) is 0 Å². The van der Waals surface area contributed by atoms with Gasteiger partial charge in [-0.3, -0.25) is 0 Å². The van der Waals surface area contributed by atoms with Gasteiger partial charge in [0.1, 0.15) is 5.82 Å². The van der Waals surface area contributed by atoms with Crippen LogP contribution >= 0.6 is 0 Å². The van der Waals surface area contributed by atoms with E-state index in [-0.39, 0.29) is 6.04 Å². The molecule has 2 heterocycles. The van der Waals surface area contributed by atoms with Gasteiger partial charge in [-0.05, 0) is 12.5 Å². The van der Waals surface area contributed by atoms with Crippen LogP contribution in [-0.4, -0.2) is 18.6 Å². The number of fused-ring (bicyclic) bond motifs is 1. The van der Waals surface area contributed by atoms with Crippen LogP contribution in [-0.2, 0) is 0 Å². The molecule has 0 saturated heterocycles. The van der Waals surface area contributed by atoms with Crippen molar-refractivity contribution < 1.29 is 0 Å². The van der Waals surface area contributed by atoms with E-state index in [9.17, 15) is 0 Å². The van der Waals surface area contributed by atoms with Gasteiger partial charge in [-0.2, -0.15) is 0 Å². The third-order valence-corrected chi connectivity index (χ3v) is 2.35. The third-order valence-electron chi connectivity index (χ3n) is 2.35. The Labute approximate surface area is 72.2 Å². The molecule has 0 fully saturated rings. The van der Waals surface area contributed by atoms with Crippen LogP contribution in [0.15, 0.2) is 18.3 Å². The van der Waals surface area contributed by atoms with Crippen LogP contribution < -0.4 is 10.6 Å². The lowest BCUT2D eigenvalue weighted by Crippen LogP contribution is -2.31. The van der Waals surface area contributed by atoms with Crippen LogP contribution in [0.4, 0.5) is 5.82 Å². The molecule has 1 aromatic rings. The quantitative estimate of drug-likeness (QED) is 0.618. The summed E-state index contributed by atoms with van der Waals surface area (Å²) < 4.78 is 0. The van der Waals surface area contributed by atoms with E-state index in [1.54, 1.807) is 0 Å². The van der Waals surface area contributed by atoms with E-state index in [1.807, 2.05) is 12.3 Å². The molecule has 0 aliphatic carbocycles. The van der Waals surface area contributed by atoms with Gasteiger partial charge in [0, 0.05) is 31.4 Å². The fourth-order valence-electron chi connectivity index (χ4n) is 1.61. The van der Waals surface area contributed by atoms with Crippen molar-refractivity contribution in [2.24, 2.45) is 5.73 Å². The second-order valence-corrected chi connectivity index (χ2v) is 3.23. The molecule has 1 unspecified atom stereocenters. The molecule has 1 aliphatic rings. The van der Waals surface area contributed by atoms with Crippen molar-refractivity contribution in [1.29, 1.82) is 0 Å². The lowest BCUT2D eigenvalue weighted by molar-refractivity contribution is 0.607. The molecule has 1 aromatic heterocycles. The minimum absolute atomic E-state index is 0.171. The standard InChI is InChI=1S/C9H13N3/c1-12-6-4-8(10)7-3-2-5-11-9(7)12/h2-3,5,8H,4,6,10H2,1H3. The Morgan fingerprint density at radius 2 is 2.50 bits per heavy atom. The summed E-state index contributed by atoms with van der Waals surface area (Å²) in [6.07, 6.45) is 2.84. The molecule has 1 atom stereocenters. The first-order valence-corrected chi connectivity index (χ1v) is 4.20. The second-order valence-electron chi connectivity index (χ2n) is 3.23. The van der Waals surface area contributed by atoms with Crippen molar-refractivity contribution in [2.75, 3.05) is 18.5 Å². The fourth-order valence-corrected chi connectivity index (χ4v) is 1.61. The van der Waals surface area contributed by atoms with E-state index >= 15 is 0 Å². The van der Waals surface area contributed by atoms with Gasteiger partial charge in [-0.25, -0.2) is 4.98 Å². The zero-order valence-corrected chi connectivity index (χ0v) is 7.20. The average molecular weight is 163 g/mol. The van der Waals surface area contributed by atoms with Crippen LogP contribution in [0.5, 0.6) is 0 Å². The minimum Gasteiger partial charge on any atom is -0.359 e. The molecule has 0 spiro atoms. The number of nitrogens with two attached hydrogens (primary N) is 1. The molecule has 2 rings (SSSR count). The highest BCUT2D eigenvalue weighted by molar-refractivity contribution is 5.49. The molecule has 0 saturated carbocycles. The van der Waals surface area contributed by atoms with E-state index in [0.717, 1.165) is 18.8 Å². The summed E-state index contributed by atoms with van der Waals surface area (Å²) in [7, 11) is 2.05. The van der Waals surface area contributed by atoms with Gasteiger partial charge in [0.15, 0.2) is 0 Å². The molecule has 0 aromatic carbocycles. The van der Waals surface area contributed by atoms with Gasteiger partial charge in [-0.15, -0.1) is 0 Å². The van der Waals surface area contributed by atoms with E-state index in [4.69, 9.17) is 5.73 Å². The molecule has 64 valence electrons. The Hall–Kier alpha value is -1.09. The number of anilines is 1. The Balaban J connectivity index is 2.47. The maximum absolute atomic E-state index is 5.94. The maximum Gasteiger partial charge on any atom is 0.133 e. The Morgan fingerprint density at radius 3 is 3.25 bits per heavy atom. The molecular formula is C9H13N3. The van der Waals surface area contributed by atoms with E-state index < -0.39 is 0 Å². The van der Waals surface area contributed by atoms with Crippen LogP contribution in [0.2, 0.25) is 0 Å². The van der Waals surface area contributed by atoms with Crippen LogP contribution in [0.25, 0.3) is 0 Å². The summed E-state index contributed by atoms with van der Waals surface area (Å²) in [5, 5.41) is 0. The van der Waals surface area contributed by atoms with E-state index in [1.165, 1.54) is 5.56 Å². The molecule has 0 radical (unpaired) electrons. The maximum atomic E-state index is 5.94. The van der Waals surface area contributed by atoms with Crippen molar-refractivity contribution in [3.05, 3.63) is 23.9 Å². The SMILES string of the molecule is CN1CCC(N)c2cccnc21. The summed E-state index contributed by atoms with van der Waals surface area (Å²) in [6.45, 7) is 1.01. The predicted molar refractivity (Wildman–Crippen MR) is 49.1 cm³/mol. The summed E-state index contributed by atoms with van der Waals surface area (Å²) in [4.78, 5) is 6.45. The highest BCUT2D eigenvalue weighted by Crippen LogP contribution is 2.28. The van der Waals surface area contributed by atoms with Gasteiger partial charge >= 0.3 is 0 Å². The Kier molecular flexibility index (Phi) is 1.73. The third kappa shape index (κ3) is 1.06. The number of pyridine rings is 1. The lowest BCUT2D eigenvalue weighted by Gasteiger charge is -2.29. The second kappa shape index (κ2) is 2.75. The van der Waals surface area contributed by atoms with E-state index in [0.29, 0.717) is 0 Å². The van der Waals surface area contributed by atoms with Crippen molar-refractivity contribution in [1.82, 2.24) is 4.98 Å². The van der Waals surface area contributed by atoms with Gasteiger partial charge in [0.05, 0.1) is 0 Å². The van der Waals surface area contributed by atoms with Gasteiger partial charge in [0.25, 0.3) is 0 Å². The summed E-state index contributed by atoms with van der Waals surface area (Å²) >= 11 is 0. The molecule has 3 heteroatoms. The summed E-state index contributed by atoms with van der Waals surface area (Å²) in [6, 6.07) is 4.17. The van der Waals surface area contributed by atoms with Crippen molar-refractivity contribution in [2.45, 2.75) is 12.5 Å². The van der Waals surface area contributed by atoms with E-state index in [2.05, 4.69) is 23.0 Å². The lowest BCUT2D eigenvalue weighted by atomic mass is 10.0. The highest BCUT2D eigenvalue weighted by Gasteiger charge is 2.20. The van der Waals surface area contributed by atoms with Gasteiger partial charge in [-0.1, -0.05) is 6.07 Å².